The van der Waals surface area contributed by atoms with Crippen LogP contribution in [0.1, 0.15) is 46.1 Å². The van der Waals surface area contributed by atoms with Gasteiger partial charge >= 0.3 is 5.97 Å². The number of esters is 1. The van der Waals surface area contributed by atoms with E-state index in [0.717, 1.165) is 12.0 Å². The van der Waals surface area contributed by atoms with Gasteiger partial charge in [-0.15, -0.1) is 0 Å². The first-order chi connectivity index (χ1) is 9.37. The fourth-order valence-corrected chi connectivity index (χ4v) is 2.53. The van der Waals surface area contributed by atoms with Crippen molar-refractivity contribution >= 4 is 5.97 Å². The average Bonchev–Trinajstić information content (AvgIpc) is 2.69. The molecule has 1 aliphatic rings. The lowest BCUT2D eigenvalue weighted by molar-refractivity contribution is -0.156. The number of carbonyl (C=O) groups is 1. The van der Waals surface area contributed by atoms with Crippen LogP contribution in [0.5, 0.6) is 0 Å². The van der Waals surface area contributed by atoms with E-state index in [1.54, 1.807) is 0 Å². The minimum atomic E-state index is -0.825. The van der Waals surface area contributed by atoms with E-state index in [1.165, 1.54) is 0 Å². The van der Waals surface area contributed by atoms with Gasteiger partial charge in [0.2, 0.25) is 6.29 Å². The highest BCUT2D eigenvalue weighted by Crippen LogP contribution is 2.39. The maximum Gasteiger partial charge on any atom is 0.341 e. The molecule has 0 bridgehead atoms. The van der Waals surface area contributed by atoms with Crippen LogP contribution in [-0.4, -0.2) is 17.9 Å². The third-order valence-electron chi connectivity index (χ3n) is 3.61. The molecule has 3 heteroatoms. The van der Waals surface area contributed by atoms with Crippen LogP contribution in [0.25, 0.3) is 0 Å². The molecule has 1 aliphatic heterocycles. The molecule has 0 aromatic heterocycles. The second-order valence-electron chi connectivity index (χ2n) is 6.63. The molecule has 0 aliphatic carbocycles. The first-order valence-corrected chi connectivity index (χ1v) is 7.30. The van der Waals surface area contributed by atoms with Crippen LogP contribution >= 0.6 is 0 Å². The zero-order valence-electron chi connectivity index (χ0n) is 12.8. The predicted molar refractivity (Wildman–Crippen MR) is 78.2 cm³/mol. The Balaban J connectivity index is 2.24. The number of hydrogen-bond donors (Lipinski definition) is 0. The second kappa shape index (κ2) is 5.57. The molecule has 2 atom stereocenters. The lowest BCUT2D eigenvalue weighted by atomic mass is 9.90. The van der Waals surface area contributed by atoms with Crippen molar-refractivity contribution in [1.29, 1.82) is 0 Å². The van der Waals surface area contributed by atoms with Crippen LogP contribution in [0.4, 0.5) is 0 Å². The summed E-state index contributed by atoms with van der Waals surface area (Å²) < 4.78 is 11.6. The molecule has 0 radical (unpaired) electrons. The Morgan fingerprint density at radius 1 is 1.20 bits per heavy atom. The predicted octanol–water partition coefficient (Wildman–Crippen LogP) is 3.71. The minimum absolute atomic E-state index is 0.207. The van der Waals surface area contributed by atoms with Gasteiger partial charge < -0.3 is 9.47 Å². The third kappa shape index (κ3) is 3.04. The van der Waals surface area contributed by atoms with Crippen molar-refractivity contribution in [1.82, 2.24) is 0 Å². The maximum atomic E-state index is 12.4. The Morgan fingerprint density at radius 2 is 1.85 bits per heavy atom. The molecule has 0 amide bonds. The Morgan fingerprint density at radius 3 is 2.35 bits per heavy atom. The molecule has 3 nitrogen and oxygen atoms in total. The zero-order chi connectivity index (χ0) is 14.8. The number of ether oxygens (including phenoxy) is 2. The highest BCUT2D eigenvalue weighted by molar-refractivity contribution is 5.81. The summed E-state index contributed by atoms with van der Waals surface area (Å²) in [7, 11) is 0. The number of carbonyl (C=O) groups excluding carboxylic acids is 1. The van der Waals surface area contributed by atoms with Crippen LogP contribution in [0, 0.1) is 5.41 Å². The third-order valence-corrected chi connectivity index (χ3v) is 3.61. The van der Waals surface area contributed by atoms with Crippen LogP contribution in [0.3, 0.4) is 0 Å². The van der Waals surface area contributed by atoms with Crippen LogP contribution in [0.15, 0.2) is 30.3 Å². The van der Waals surface area contributed by atoms with E-state index in [0.29, 0.717) is 12.8 Å². The normalized spacial score (nSPS) is 26.6. The highest BCUT2D eigenvalue weighted by Gasteiger charge is 2.52. The summed E-state index contributed by atoms with van der Waals surface area (Å²) in [4.78, 5) is 12.4. The molecule has 1 saturated heterocycles. The zero-order valence-corrected chi connectivity index (χ0v) is 12.8. The monoisotopic (exact) mass is 276 g/mol. The molecule has 2 rings (SSSR count). The number of rotatable bonds is 4. The SMILES string of the molecule is CCC[C@@]1(Cc2ccccc2)O[C@H](C(C)(C)C)OC1=O. The van der Waals surface area contributed by atoms with Crippen molar-refractivity contribution in [3.05, 3.63) is 35.9 Å². The Kier molecular flexibility index (Phi) is 4.19. The number of hydrogen-bond acceptors (Lipinski definition) is 3. The van der Waals surface area contributed by atoms with E-state index in [1.807, 2.05) is 51.1 Å². The number of benzene rings is 1. The van der Waals surface area contributed by atoms with Gasteiger partial charge in [-0.1, -0.05) is 64.4 Å². The van der Waals surface area contributed by atoms with Crippen LogP contribution in [0.2, 0.25) is 0 Å². The van der Waals surface area contributed by atoms with Gasteiger partial charge in [0.05, 0.1) is 0 Å². The second-order valence-corrected chi connectivity index (χ2v) is 6.63. The molecule has 0 unspecified atom stereocenters. The van der Waals surface area contributed by atoms with Gasteiger partial charge in [-0.3, -0.25) is 0 Å². The molecule has 1 heterocycles. The molecular weight excluding hydrogens is 252 g/mol. The minimum Gasteiger partial charge on any atom is -0.433 e. The Labute approximate surface area is 121 Å². The maximum absolute atomic E-state index is 12.4. The fraction of sp³-hybridized carbons (Fsp3) is 0.588. The van der Waals surface area contributed by atoms with Gasteiger partial charge in [0.1, 0.15) is 0 Å². The molecule has 0 spiro atoms. The van der Waals surface area contributed by atoms with E-state index in [2.05, 4.69) is 6.92 Å². The van der Waals surface area contributed by atoms with Gasteiger partial charge in [-0.2, -0.15) is 0 Å². The summed E-state index contributed by atoms with van der Waals surface area (Å²) in [6, 6.07) is 9.99. The van der Waals surface area contributed by atoms with Gasteiger partial charge in [0.15, 0.2) is 5.60 Å². The lowest BCUT2D eigenvalue weighted by Crippen LogP contribution is -2.39. The first kappa shape index (κ1) is 15.0. The van der Waals surface area contributed by atoms with E-state index in [-0.39, 0.29) is 11.4 Å². The van der Waals surface area contributed by atoms with Gasteiger partial charge in [-0.25, -0.2) is 4.79 Å². The molecule has 1 aromatic carbocycles. The first-order valence-electron chi connectivity index (χ1n) is 7.30. The summed E-state index contributed by atoms with van der Waals surface area (Å²) in [6.45, 7) is 8.13. The fourth-order valence-electron chi connectivity index (χ4n) is 2.53. The van der Waals surface area contributed by atoms with Crippen molar-refractivity contribution in [2.24, 2.45) is 5.41 Å². The van der Waals surface area contributed by atoms with Crippen molar-refractivity contribution < 1.29 is 14.3 Å². The molecule has 0 N–H and O–H groups in total. The standard InChI is InChI=1S/C17H24O3/c1-5-11-17(12-13-9-7-6-8-10-13)14(18)19-15(20-17)16(2,3)4/h6-10,15H,5,11-12H2,1-4H3/t15-,17+/m1/s1. The largest absolute Gasteiger partial charge is 0.433 e. The summed E-state index contributed by atoms with van der Waals surface area (Å²) >= 11 is 0. The smallest absolute Gasteiger partial charge is 0.341 e. The van der Waals surface area contributed by atoms with E-state index in [9.17, 15) is 4.79 Å². The van der Waals surface area contributed by atoms with Crippen LogP contribution in [-0.2, 0) is 20.7 Å². The molecular formula is C17H24O3. The van der Waals surface area contributed by atoms with Crippen molar-refractivity contribution in [3.8, 4) is 0 Å². The summed E-state index contributed by atoms with van der Waals surface area (Å²) in [5, 5.41) is 0. The van der Waals surface area contributed by atoms with Gasteiger partial charge in [0, 0.05) is 11.8 Å². The lowest BCUT2D eigenvalue weighted by Gasteiger charge is -2.28. The topological polar surface area (TPSA) is 35.5 Å². The molecule has 1 aromatic rings. The summed E-state index contributed by atoms with van der Waals surface area (Å²) in [5.74, 6) is -0.219. The van der Waals surface area contributed by atoms with Crippen molar-refractivity contribution in [3.63, 3.8) is 0 Å². The van der Waals surface area contributed by atoms with Crippen molar-refractivity contribution in [2.45, 2.75) is 58.8 Å². The van der Waals surface area contributed by atoms with Crippen LogP contribution < -0.4 is 0 Å². The molecule has 110 valence electrons. The van der Waals surface area contributed by atoms with Gasteiger partial charge in [-0.05, 0) is 12.0 Å². The molecule has 0 saturated carbocycles. The molecule has 20 heavy (non-hydrogen) atoms. The molecule has 1 fully saturated rings. The van der Waals surface area contributed by atoms with Crippen molar-refractivity contribution in [2.75, 3.05) is 0 Å². The quantitative estimate of drug-likeness (QED) is 0.786. The summed E-state index contributed by atoms with van der Waals surface area (Å²) in [5.41, 5.74) is 0.0723. The van der Waals surface area contributed by atoms with E-state index in [4.69, 9.17) is 9.47 Å². The Bertz CT molecular complexity index is 461. The highest BCUT2D eigenvalue weighted by atomic mass is 16.8. The average molecular weight is 276 g/mol. The van der Waals surface area contributed by atoms with E-state index < -0.39 is 11.9 Å². The Hall–Kier alpha value is -1.35. The van der Waals surface area contributed by atoms with E-state index >= 15 is 0 Å². The van der Waals surface area contributed by atoms with Gasteiger partial charge in [0.25, 0.3) is 0 Å². The summed E-state index contributed by atoms with van der Waals surface area (Å²) in [6.07, 6.45) is 1.68. The number of cyclic esters (lactones) is 1.